The van der Waals surface area contributed by atoms with Crippen molar-refractivity contribution in [3.8, 4) is 0 Å². The Kier molecular flexibility index (Phi) is 6.75. The van der Waals surface area contributed by atoms with Gasteiger partial charge in [0.1, 0.15) is 0 Å². The number of carbonyl (C=O) groups excluding carboxylic acids is 1. The first-order valence-electron chi connectivity index (χ1n) is 10.5. The standard InChI is InChI=1S/C26H26N4O/c31-26(29-24-13-11-21(12-14-24)19-30-18-17-27-20-30)28-16-15-25(22-7-3-1-4-8-22)23-9-5-2-6-10-23/h1-14,17-18,20,25H,15-16,19H2,(H2,28,29,31). The Morgan fingerprint density at radius 3 is 2.10 bits per heavy atom. The van der Waals surface area contributed by atoms with Gasteiger partial charge in [-0.3, -0.25) is 0 Å². The van der Waals surface area contributed by atoms with Crippen molar-refractivity contribution in [1.29, 1.82) is 0 Å². The fourth-order valence-corrected chi connectivity index (χ4v) is 3.69. The molecule has 4 aromatic rings. The Hall–Kier alpha value is -3.86. The lowest BCUT2D eigenvalue weighted by atomic mass is 9.88. The molecule has 31 heavy (non-hydrogen) atoms. The third kappa shape index (κ3) is 5.82. The summed E-state index contributed by atoms with van der Waals surface area (Å²) in [7, 11) is 0. The molecule has 0 aliphatic rings. The molecule has 5 nitrogen and oxygen atoms in total. The third-order valence-corrected chi connectivity index (χ3v) is 5.26. The van der Waals surface area contributed by atoms with Gasteiger partial charge < -0.3 is 15.2 Å². The summed E-state index contributed by atoms with van der Waals surface area (Å²) in [6, 6.07) is 28.5. The molecule has 4 rings (SSSR count). The maximum Gasteiger partial charge on any atom is 0.319 e. The van der Waals surface area contributed by atoms with E-state index in [-0.39, 0.29) is 11.9 Å². The van der Waals surface area contributed by atoms with Gasteiger partial charge in [0, 0.05) is 37.1 Å². The number of carbonyl (C=O) groups is 1. The van der Waals surface area contributed by atoms with Gasteiger partial charge >= 0.3 is 6.03 Å². The molecule has 0 atom stereocenters. The van der Waals surface area contributed by atoms with Gasteiger partial charge in [-0.15, -0.1) is 0 Å². The number of benzene rings is 3. The highest BCUT2D eigenvalue weighted by Crippen LogP contribution is 2.27. The molecule has 0 fully saturated rings. The van der Waals surface area contributed by atoms with E-state index in [4.69, 9.17) is 0 Å². The summed E-state index contributed by atoms with van der Waals surface area (Å²) in [5.41, 5.74) is 4.43. The van der Waals surface area contributed by atoms with Crippen LogP contribution in [0.15, 0.2) is 104 Å². The molecular weight excluding hydrogens is 384 g/mol. The summed E-state index contributed by atoms with van der Waals surface area (Å²) in [5, 5.41) is 5.90. The first kappa shape index (κ1) is 20.4. The summed E-state index contributed by atoms with van der Waals surface area (Å²) < 4.78 is 2.00. The fraction of sp³-hybridized carbons (Fsp3) is 0.154. The minimum atomic E-state index is -0.192. The van der Waals surface area contributed by atoms with Crippen LogP contribution in [0.1, 0.15) is 29.0 Å². The Balaban J connectivity index is 1.30. The van der Waals surface area contributed by atoms with Gasteiger partial charge in [0.15, 0.2) is 0 Å². The van der Waals surface area contributed by atoms with Crippen LogP contribution in [-0.2, 0) is 6.54 Å². The summed E-state index contributed by atoms with van der Waals surface area (Å²) >= 11 is 0. The van der Waals surface area contributed by atoms with Crippen molar-refractivity contribution in [3.05, 3.63) is 120 Å². The fourth-order valence-electron chi connectivity index (χ4n) is 3.69. The summed E-state index contributed by atoms with van der Waals surface area (Å²) in [6.07, 6.45) is 6.31. The minimum Gasteiger partial charge on any atom is -0.338 e. The largest absolute Gasteiger partial charge is 0.338 e. The van der Waals surface area contributed by atoms with E-state index in [9.17, 15) is 4.79 Å². The second-order valence-electron chi connectivity index (χ2n) is 7.48. The van der Waals surface area contributed by atoms with Crippen molar-refractivity contribution in [1.82, 2.24) is 14.9 Å². The van der Waals surface area contributed by atoms with Crippen molar-refractivity contribution >= 4 is 11.7 Å². The first-order valence-corrected chi connectivity index (χ1v) is 10.5. The van der Waals surface area contributed by atoms with E-state index in [2.05, 4.69) is 64.1 Å². The molecule has 2 amide bonds. The predicted molar refractivity (Wildman–Crippen MR) is 124 cm³/mol. The van der Waals surface area contributed by atoms with Crippen LogP contribution in [0.2, 0.25) is 0 Å². The van der Waals surface area contributed by atoms with Crippen LogP contribution in [0.3, 0.4) is 0 Å². The number of nitrogens with one attached hydrogen (secondary N) is 2. The molecule has 0 saturated carbocycles. The van der Waals surface area contributed by atoms with E-state index in [1.165, 1.54) is 11.1 Å². The smallest absolute Gasteiger partial charge is 0.319 e. The normalized spacial score (nSPS) is 10.7. The molecule has 1 aromatic heterocycles. The van der Waals surface area contributed by atoms with E-state index in [0.717, 1.165) is 24.2 Å². The lowest BCUT2D eigenvalue weighted by Crippen LogP contribution is -2.30. The predicted octanol–water partition coefficient (Wildman–Crippen LogP) is 5.28. The molecule has 5 heteroatoms. The highest BCUT2D eigenvalue weighted by molar-refractivity contribution is 5.89. The number of imidazole rings is 1. The number of rotatable bonds is 8. The van der Waals surface area contributed by atoms with Gasteiger partial charge in [0.05, 0.1) is 6.33 Å². The third-order valence-electron chi connectivity index (χ3n) is 5.26. The first-order chi connectivity index (χ1) is 15.3. The average Bonchev–Trinajstić information content (AvgIpc) is 3.32. The number of urea groups is 1. The maximum absolute atomic E-state index is 12.4. The Morgan fingerprint density at radius 1 is 0.871 bits per heavy atom. The number of hydrogen-bond donors (Lipinski definition) is 2. The van der Waals surface area contributed by atoms with Crippen LogP contribution >= 0.6 is 0 Å². The lowest BCUT2D eigenvalue weighted by Gasteiger charge is -2.18. The van der Waals surface area contributed by atoms with Crippen molar-refractivity contribution in [3.63, 3.8) is 0 Å². The summed E-state index contributed by atoms with van der Waals surface area (Å²) in [6.45, 7) is 1.34. The van der Waals surface area contributed by atoms with Gasteiger partial charge in [-0.25, -0.2) is 9.78 Å². The monoisotopic (exact) mass is 410 g/mol. The molecule has 0 aliphatic carbocycles. The van der Waals surface area contributed by atoms with Crippen molar-refractivity contribution in [2.45, 2.75) is 18.9 Å². The number of anilines is 1. The highest BCUT2D eigenvalue weighted by Gasteiger charge is 2.14. The van der Waals surface area contributed by atoms with Crippen molar-refractivity contribution in [2.75, 3.05) is 11.9 Å². The Morgan fingerprint density at radius 2 is 1.52 bits per heavy atom. The van der Waals surface area contributed by atoms with E-state index >= 15 is 0 Å². The molecule has 0 radical (unpaired) electrons. The lowest BCUT2D eigenvalue weighted by molar-refractivity contribution is 0.252. The van der Waals surface area contributed by atoms with Gasteiger partial charge in [0.2, 0.25) is 0 Å². The number of hydrogen-bond acceptors (Lipinski definition) is 2. The zero-order valence-corrected chi connectivity index (χ0v) is 17.3. The zero-order chi connectivity index (χ0) is 21.3. The maximum atomic E-state index is 12.4. The quantitative estimate of drug-likeness (QED) is 0.415. The summed E-state index contributed by atoms with van der Waals surface area (Å²) in [5.74, 6) is 0.241. The van der Waals surface area contributed by atoms with E-state index < -0.39 is 0 Å². The SMILES string of the molecule is O=C(NCCC(c1ccccc1)c1ccccc1)Nc1ccc(Cn2ccnc2)cc1. The van der Waals surface area contributed by atoms with Crippen LogP contribution in [0, 0.1) is 0 Å². The Bertz CT molecular complexity index is 1020. The molecule has 0 unspecified atom stereocenters. The molecule has 156 valence electrons. The molecule has 2 N–H and O–H groups in total. The van der Waals surface area contributed by atoms with Crippen LogP contribution in [0.5, 0.6) is 0 Å². The Labute approximate surface area is 182 Å². The van der Waals surface area contributed by atoms with E-state index in [1.807, 2.05) is 47.2 Å². The van der Waals surface area contributed by atoms with Crippen molar-refractivity contribution in [2.24, 2.45) is 0 Å². The zero-order valence-electron chi connectivity index (χ0n) is 17.3. The molecular formula is C26H26N4O. The molecule has 0 saturated heterocycles. The van der Waals surface area contributed by atoms with Crippen LogP contribution in [0.4, 0.5) is 10.5 Å². The topological polar surface area (TPSA) is 59.0 Å². The van der Waals surface area contributed by atoms with Crippen LogP contribution in [0.25, 0.3) is 0 Å². The number of amides is 2. The molecule has 0 bridgehead atoms. The number of nitrogens with zero attached hydrogens (tertiary/aromatic N) is 2. The second kappa shape index (κ2) is 10.3. The highest BCUT2D eigenvalue weighted by atomic mass is 16.2. The van der Waals surface area contributed by atoms with Crippen molar-refractivity contribution < 1.29 is 4.79 Å². The molecule has 0 aliphatic heterocycles. The minimum absolute atomic E-state index is 0.192. The average molecular weight is 411 g/mol. The second-order valence-corrected chi connectivity index (χ2v) is 7.48. The van der Waals surface area contributed by atoms with Gasteiger partial charge in [-0.1, -0.05) is 72.8 Å². The van der Waals surface area contributed by atoms with Crippen LogP contribution < -0.4 is 10.6 Å². The number of aromatic nitrogens is 2. The van der Waals surface area contributed by atoms with Gasteiger partial charge in [-0.05, 0) is 35.2 Å². The summed E-state index contributed by atoms with van der Waals surface area (Å²) in [4.78, 5) is 16.4. The van der Waals surface area contributed by atoms with Crippen LogP contribution in [-0.4, -0.2) is 22.1 Å². The van der Waals surface area contributed by atoms with E-state index in [1.54, 1.807) is 12.5 Å². The van der Waals surface area contributed by atoms with Gasteiger partial charge in [-0.2, -0.15) is 0 Å². The van der Waals surface area contributed by atoms with E-state index in [0.29, 0.717) is 6.54 Å². The molecule has 0 spiro atoms. The van der Waals surface area contributed by atoms with Gasteiger partial charge in [0.25, 0.3) is 0 Å². The molecule has 3 aromatic carbocycles. The molecule has 1 heterocycles.